The summed E-state index contributed by atoms with van der Waals surface area (Å²) in [4.78, 5) is 22.7. The number of amides is 1. The molecule has 1 fully saturated rings. The second kappa shape index (κ2) is 4.42. The molecule has 0 atom stereocenters. The first kappa shape index (κ1) is 11.8. The topological polar surface area (TPSA) is 70.8 Å². The summed E-state index contributed by atoms with van der Waals surface area (Å²) in [7, 11) is 0. The molecule has 19 heavy (non-hydrogen) atoms. The Morgan fingerprint density at radius 2 is 2.11 bits per heavy atom. The molecule has 1 aliphatic rings. The molecule has 0 aliphatic heterocycles. The van der Waals surface area contributed by atoms with Crippen molar-refractivity contribution in [2.24, 2.45) is 5.92 Å². The maximum Gasteiger partial charge on any atom is 0.306 e. The molecule has 1 amide bonds. The highest BCUT2D eigenvalue weighted by atomic mass is 16.4. The average Bonchev–Trinajstić information content (AvgIpc) is 2.76. The van der Waals surface area contributed by atoms with Crippen LogP contribution in [0.25, 0.3) is 5.52 Å². The number of hydrogen-bond acceptors (Lipinski definition) is 2. The zero-order chi connectivity index (χ0) is 13.4. The van der Waals surface area contributed by atoms with Gasteiger partial charge in [-0.25, -0.2) is 0 Å². The first-order chi connectivity index (χ1) is 9.13. The summed E-state index contributed by atoms with van der Waals surface area (Å²) >= 11 is 0. The Morgan fingerprint density at radius 1 is 1.32 bits per heavy atom. The number of carboxylic acid groups (broad SMARTS) is 1. The molecular weight excluding hydrogens is 244 g/mol. The van der Waals surface area contributed by atoms with Gasteiger partial charge in [-0.2, -0.15) is 0 Å². The summed E-state index contributed by atoms with van der Waals surface area (Å²) in [5, 5.41) is 11.6. The van der Waals surface area contributed by atoms with Gasteiger partial charge in [0.1, 0.15) is 0 Å². The van der Waals surface area contributed by atoms with Crippen LogP contribution in [0, 0.1) is 5.92 Å². The van der Waals surface area contributed by atoms with Gasteiger partial charge in [-0.1, -0.05) is 6.07 Å². The van der Waals surface area contributed by atoms with Crippen molar-refractivity contribution in [1.29, 1.82) is 0 Å². The van der Waals surface area contributed by atoms with E-state index < -0.39 is 5.97 Å². The van der Waals surface area contributed by atoms with Crippen LogP contribution >= 0.6 is 0 Å². The molecule has 2 N–H and O–H groups in total. The number of aliphatic carboxylic acids is 1. The van der Waals surface area contributed by atoms with Gasteiger partial charge in [0.25, 0.3) is 5.91 Å². The molecular formula is C14H14N2O3. The summed E-state index contributed by atoms with van der Waals surface area (Å²) in [6.07, 6.45) is 4.71. The Morgan fingerprint density at radius 3 is 2.79 bits per heavy atom. The van der Waals surface area contributed by atoms with Crippen molar-refractivity contribution in [3.8, 4) is 0 Å². The van der Waals surface area contributed by atoms with Gasteiger partial charge in [-0.15, -0.1) is 0 Å². The van der Waals surface area contributed by atoms with Crippen molar-refractivity contribution in [2.45, 2.75) is 18.9 Å². The third kappa shape index (κ3) is 2.19. The predicted molar refractivity (Wildman–Crippen MR) is 69.0 cm³/mol. The van der Waals surface area contributed by atoms with Crippen molar-refractivity contribution in [2.75, 3.05) is 0 Å². The Labute approximate surface area is 109 Å². The van der Waals surface area contributed by atoms with E-state index in [0.29, 0.717) is 18.4 Å². The van der Waals surface area contributed by atoms with Crippen molar-refractivity contribution in [1.82, 2.24) is 9.72 Å². The van der Waals surface area contributed by atoms with Gasteiger partial charge in [0.15, 0.2) is 0 Å². The van der Waals surface area contributed by atoms with Crippen LogP contribution in [0.3, 0.4) is 0 Å². The number of nitrogens with one attached hydrogen (secondary N) is 1. The molecule has 1 aliphatic carbocycles. The Hall–Kier alpha value is -2.30. The van der Waals surface area contributed by atoms with E-state index in [1.807, 2.05) is 34.9 Å². The van der Waals surface area contributed by atoms with E-state index in [4.69, 9.17) is 5.11 Å². The smallest absolute Gasteiger partial charge is 0.306 e. The Balaban J connectivity index is 1.66. The summed E-state index contributed by atoms with van der Waals surface area (Å²) < 4.78 is 1.88. The zero-order valence-electron chi connectivity index (χ0n) is 10.2. The minimum Gasteiger partial charge on any atom is -0.481 e. The minimum atomic E-state index is -0.778. The second-order valence-corrected chi connectivity index (χ2v) is 4.94. The van der Waals surface area contributed by atoms with Gasteiger partial charge in [-0.3, -0.25) is 9.59 Å². The molecule has 0 unspecified atom stereocenters. The van der Waals surface area contributed by atoms with Crippen LogP contribution in [0.5, 0.6) is 0 Å². The monoisotopic (exact) mass is 258 g/mol. The largest absolute Gasteiger partial charge is 0.481 e. The summed E-state index contributed by atoms with van der Waals surface area (Å²) in [6, 6.07) is 7.55. The number of aromatic nitrogens is 1. The Kier molecular flexibility index (Phi) is 2.74. The number of hydrogen-bond donors (Lipinski definition) is 2. The van der Waals surface area contributed by atoms with E-state index in [1.54, 1.807) is 6.20 Å². The first-order valence-electron chi connectivity index (χ1n) is 6.24. The first-order valence-corrected chi connectivity index (χ1v) is 6.24. The lowest BCUT2D eigenvalue weighted by Crippen LogP contribution is -2.46. The number of pyridine rings is 1. The van der Waals surface area contributed by atoms with Gasteiger partial charge in [0.2, 0.25) is 0 Å². The molecule has 2 heterocycles. The number of carbonyl (C=O) groups excluding carboxylic acids is 1. The molecule has 1 saturated carbocycles. The van der Waals surface area contributed by atoms with E-state index in [-0.39, 0.29) is 17.9 Å². The Bertz CT molecular complexity index is 608. The van der Waals surface area contributed by atoms with E-state index in [9.17, 15) is 9.59 Å². The number of rotatable bonds is 3. The lowest BCUT2D eigenvalue weighted by atomic mass is 9.80. The van der Waals surface area contributed by atoms with Crippen molar-refractivity contribution in [3.05, 3.63) is 42.2 Å². The molecule has 2 aromatic rings. The molecule has 3 rings (SSSR count). The molecule has 2 aromatic heterocycles. The van der Waals surface area contributed by atoms with E-state index >= 15 is 0 Å². The third-order valence-electron chi connectivity index (χ3n) is 3.59. The average molecular weight is 258 g/mol. The van der Waals surface area contributed by atoms with Crippen LogP contribution in [-0.2, 0) is 4.79 Å². The second-order valence-electron chi connectivity index (χ2n) is 4.94. The van der Waals surface area contributed by atoms with E-state index in [1.165, 1.54) is 0 Å². The summed E-state index contributed by atoms with van der Waals surface area (Å²) in [5.41, 5.74) is 1.56. The van der Waals surface area contributed by atoms with Gasteiger partial charge in [0, 0.05) is 24.0 Å². The van der Waals surface area contributed by atoms with Gasteiger partial charge >= 0.3 is 5.97 Å². The van der Waals surface area contributed by atoms with Crippen LogP contribution in [0.2, 0.25) is 0 Å². The van der Waals surface area contributed by atoms with Crippen LogP contribution in [0.4, 0.5) is 0 Å². The normalized spacial score (nSPS) is 21.9. The lowest BCUT2D eigenvalue weighted by Gasteiger charge is -2.32. The molecule has 98 valence electrons. The highest BCUT2D eigenvalue weighted by molar-refractivity contribution is 5.96. The molecule has 5 nitrogen and oxygen atoms in total. The van der Waals surface area contributed by atoms with Crippen LogP contribution in [-0.4, -0.2) is 27.4 Å². The van der Waals surface area contributed by atoms with Crippen LogP contribution < -0.4 is 5.32 Å². The highest BCUT2D eigenvalue weighted by Gasteiger charge is 2.35. The van der Waals surface area contributed by atoms with Crippen LogP contribution in [0.15, 0.2) is 36.7 Å². The number of carbonyl (C=O) groups is 2. The molecule has 0 aromatic carbocycles. The van der Waals surface area contributed by atoms with E-state index in [0.717, 1.165) is 5.52 Å². The molecule has 0 bridgehead atoms. The lowest BCUT2D eigenvalue weighted by molar-refractivity contribution is -0.145. The fourth-order valence-electron chi connectivity index (χ4n) is 2.39. The maximum absolute atomic E-state index is 12.0. The van der Waals surface area contributed by atoms with Gasteiger partial charge in [-0.05, 0) is 31.0 Å². The summed E-state index contributed by atoms with van der Waals surface area (Å²) in [5.74, 6) is -1.23. The molecule has 0 spiro atoms. The van der Waals surface area contributed by atoms with Crippen molar-refractivity contribution >= 4 is 17.4 Å². The molecule has 0 radical (unpaired) electrons. The van der Waals surface area contributed by atoms with Crippen molar-refractivity contribution in [3.63, 3.8) is 0 Å². The minimum absolute atomic E-state index is 0.0170. The maximum atomic E-state index is 12.0. The standard InChI is InChI=1S/C14H14N2O3/c17-13(15-11-5-9(6-11)14(18)19)10-7-12-3-1-2-4-16(12)8-10/h1-4,7-9,11H,5-6H2,(H,15,17)(H,18,19). The van der Waals surface area contributed by atoms with Crippen LogP contribution in [0.1, 0.15) is 23.2 Å². The fourth-order valence-corrected chi connectivity index (χ4v) is 2.39. The fraction of sp³-hybridized carbons (Fsp3) is 0.286. The zero-order valence-corrected chi connectivity index (χ0v) is 10.2. The summed E-state index contributed by atoms with van der Waals surface area (Å²) in [6.45, 7) is 0. The number of nitrogens with zero attached hydrogens (tertiary/aromatic N) is 1. The number of carboxylic acids is 1. The number of fused-ring (bicyclic) bond motifs is 1. The third-order valence-corrected chi connectivity index (χ3v) is 3.59. The van der Waals surface area contributed by atoms with Gasteiger partial charge < -0.3 is 14.8 Å². The van der Waals surface area contributed by atoms with Gasteiger partial charge in [0.05, 0.1) is 11.5 Å². The highest BCUT2D eigenvalue weighted by Crippen LogP contribution is 2.27. The molecule has 0 saturated heterocycles. The molecule has 5 heteroatoms. The van der Waals surface area contributed by atoms with E-state index in [2.05, 4.69) is 5.32 Å². The quantitative estimate of drug-likeness (QED) is 0.877. The predicted octanol–water partition coefficient (Wildman–Crippen LogP) is 1.53. The van der Waals surface area contributed by atoms with Crippen molar-refractivity contribution < 1.29 is 14.7 Å². The SMILES string of the molecule is O=C(NC1CC(C(=O)O)C1)c1cc2ccccn2c1.